The number of hydrogen-bond donors (Lipinski definition) is 1. The molecule has 0 aromatic heterocycles. The number of methoxy groups -OCH3 is 1. The van der Waals surface area contributed by atoms with Gasteiger partial charge in [-0.05, 0) is 30.3 Å². The molecule has 28 heavy (non-hydrogen) atoms. The number of amides is 1. The van der Waals surface area contributed by atoms with Crippen molar-refractivity contribution in [2.75, 3.05) is 32.5 Å². The number of halogens is 1. The molecule has 3 rings (SSSR count). The zero-order valence-electron chi connectivity index (χ0n) is 15.9. The van der Waals surface area contributed by atoms with Crippen molar-refractivity contribution in [3.8, 4) is 5.75 Å². The summed E-state index contributed by atoms with van der Waals surface area (Å²) in [5, 5.41) is 3.33. The number of benzene rings is 2. The predicted octanol–water partition coefficient (Wildman–Crippen LogP) is 2.70. The van der Waals surface area contributed by atoms with Crippen molar-refractivity contribution in [3.63, 3.8) is 0 Å². The van der Waals surface area contributed by atoms with Crippen LogP contribution in [0.5, 0.6) is 5.75 Å². The fourth-order valence-corrected chi connectivity index (χ4v) is 4.19. The number of carbonyl (C=O) groups excluding carboxylic acids is 1. The molecule has 0 spiro atoms. The van der Waals surface area contributed by atoms with Gasteiger partial charge in [0.25, 0.3) is 5.91 Å². The van der Waals surface area contributed by atoms with Crippen LogP contribution in [0.25, 0.3) is 0 Å². The zero-order chi connectivity index (χ0) is 19.4. The van der Waals surface area contributed by atoms with Crippen LogP contribution in [0.2, 0.25) is 0 Å². The lowest BCUT2D eigenvalue weighted by molar-refractivity contribution is 0.0631. The molecule has 0 saturated carbocycles. The Bertz CT molecular complexity index is 916. The van der Waals surface area contributed by atoms with Crippen LogP contribution in [0.3, 0.4) is 0 Å². The summed E-state index contributed by atoms with van der Waals surface area (Å²) in [6, 6.07) is 13.7. The number of piperazine rings is 1. The summed E-state index contributed by atoms with van der Waals surface area (Å²) in [5.74, 6) is 0.662. The molecule has 1 fully saturated rings. The van der Waals surface area contributed by atoms with Gasteiger partial charge in [0, 0.05) is 30.8 Å². The van der Waals surface area contributed by atoms with Crippen LogP contribution in [-0.4, -0.2) is 51.7 Å². The highest BCUT2D eigenvalue weighted by Gasteiger charge is 2.30. The van der Waals surface area contributed by atoms with Gasteiger partial charge in [0.2, 0.25) is 0 Å². The molecule has 1 aliphatic rings. The van der Waals surface area contributed by atoms with Crippen LogP contribution < -0.4 is 10.1 Å². The van der Waals surface area contributed by atoms with Gasteiger partial charge >= 0.3 is 0 Å². The highest BCUT2D eigenvalue weighted by molar-refractivity contribution is 7.91. The van der Waals surface area contributed by atoms with Crippen LogP contribution in [0.15, 0.2) is 53.4 Å². The third kappa shape index (κ3) is 4.48. The molecule has 0 bridgehead atoms. The standard InChI is InChI=1S/C20H24N2O4S.ClH/c1-3-27(24,25)16-10-8-15(9-11-16)20(23)22-13-12-21-14-18(22)17-6-4-5-7-19(17)26-2;/h4-11,18,21H,3,12-14H2,1-2H3;1H. The molecule has 1 saturated heterocycles. The van der Waals surface area contributed by atoms with E-state index in [0.717, 1.165) is 11.3 Å². The summed E-state index contributed by atoms with van der Waals surface area (Å²) < 4.78 is 29.4. The zero-order valence-corrected chi connectivity index (χ0v) is 17.6. The fourth-order valence-electron chi connectivity index (χ4n) is 3.30. The van der Waals surface area contributed by atoms with E-state index in [1.54, 1.807) is 26.2 Å². The van der Waals surface area contributed by atoms with Crippen LogP contribution in [0, 0.1) is 0 Å². The number of nitrogens with zero attached hydrogens (tertiary/aromatic N) is 1. The minimum atomic E-state index is -3.28. The number of sulfone groups is 1. The Hall–Kier alpha value is -2.09. The SMILES string of the molecule is CCS(=O)(=O)c1ccc(C(=O)N2CCNCC2c2ccccc2OC)cc1.Cl. The molecule has 1 aliphatic heterocycles. The molecule has 8 heteroatoms. The van der Waals surface area contributed by atoms with Crippen molar-refractivity contribution >= 4 is 28.2 Å². The number of rotatable bonds is 5. The van der Waals surface area contributed by atoms with Crippen LogP contribution >= 0.6 is 12.4 Å². The first-order chi connectivity index (χ1) is 13.0. The minimum Gasteiger partial charge on any atom is -0.496 e. The van der Waals surface area contributed by atoms with E-state index < -0.39 is 9.84 Å². The third-order valence-corrected chi connectivity index (χ3v) is 6.59. The maximum Gasteiger partial charge on any atom is 0.254 e. The van der Waals surface area contributed by atoms with E-state index in [2.05, 4.69) is 5.32 Å². The Labute approximate surface area is 172 Å². The third-order valence-electron chi connectivity index (χ3n) is 4.84. The molecule has 152 valence electrons. The molecule has 1 atom stereocenters. The Morgan fingerprint density at radius 2 is 1.86 bits per heavy atom. The van der Waals surface area contributed by atoms with Crippen molar-refractivity contribution in [2.24, 2.45) is 0 Å². The molecule has 1 heterocycles. The van der Waals surface area contributed by atoms with Crippen molar-refractivity contribution in [2.45, 2.75) is 17.9 Å². The lowest BCUT2D eigenvalue weighted by atomic mass is 10.0. The van der Waals surface area contributed by atoms with Gasteiger partial charge in [-0.1, -0.05) is 25.1 Å². The number of carbonyl (C=O) groups is 1. The molecule has 0 aliphatic carbocycles. The summed E-state index contributed by atoms with van der Waals surface area (Å²) in [4.78, 5) is 15.2. The van der Waals surface area contributed by atoms with Gasteiger partial charge in [-0.2, -0.15) is 0 Å². The molecule has 1 unspecified atom stereocenters. The van der Waals surface area contributed by atoms with Crippen molar-refractivity contribution in [1.82, 2.24) is 10.2 Å². The number of para-hydroxylation sites is 1. The highest BCUT2D eigenvalue weighted by atomic mass is 35.5. The Morgan fingerprint density at radius 3 is 2.50 bits per heavy atom. The lowest BCUT2D eigenvalue weighted by Crippen LogP contribution is -2.48. The predicted molar refractivity (Wildman–Crippen MR) is 111 cm³/mol. The number of hydrogen-bond acceptors (Lipinski definition) is 5. The maximum absolute atomic E-state index is 13.1. The smallest absolute Gasteiger partial charge is 0.254 e. The summed E-state index contributed by atoms with van der Waals surface area (Å²) >= 11 is 0. The second-order valence-corrected chi connectivity index (χ2v) is 8.67. The molecular weight excluding hydrogens is 400 g/mol. The molecule has 2 aromatic carbocycles. The van der Waals surface area contributed by atoms with E-state index in [1.165, 1.54) is 12.1 Å². The average Bonchev–Trinajstić information content (AvgIpc) is 2.73. The van der Waals surface area contributed by atoms with Gasteiger partial charge < -0.3 is 15.0 Å². The van der Waals surface area contributed by atoms with Crippen LogP contribution in [0.1, 0.15) is 28.9 Å². The van der Waals surface area contributed by atoms with E-state index in [1.807, 2.05) is 29.2 Å². The fraction of sp³-hybridized carbons (Fsp3) is 0.350. The van der Waals surface area contributed by atoms with E-state index in [0.29, 0.717) is 25.2 Å². The second-order valence-electron chi connectivity index (χ2n) is 6.39. The van der Waals surface area contributed by atoms with Gasteiger partial charge in [0.1, 0.15) is 5.75 Å². The second kappa shape index (κ2) is 9.41. The number of ether oxygens (including phenoxy) is 1. The largest absolute Gasteiger partial charge is 0.496 e. The highest BCUT2D eigenvalue weighted by Crippen LogP contribution is 2.31. The summed E-state index contributed by atoms with van der Waals surface area (Å²) in [5.41, 5.74) is 1.43. The molecule has 1 amide bonds. The molecule has 2 aromatic rings. The molecule has 1 N–H and O–H groups in total. The minimum absolute atomic E-state index is 0. The normalized spacial score (nSPS) is 16.9. The maximum atomic E-state index is 13.1. The Kier molecular flexibility index (Phi) is 7.46. The van der Waals surface area contributed by atoms with Crippen molar-refractivity contribution < 1.29 is 17.9 Å². The Morgan fingerprint density at radius 1 is 1.18 bits per heavy atom. The first kappa shape index (κ1) is 22.2. The first-order valence-corrected chi connectivity index (χ1v) is 10.6. The number of nitrogens with one attached hydrogen (secondary N) is 1. The quantitative estimate of drug-likeness (QED) is 0.798. The van der Waals surface area contributed by atoms with E-state index in [9.17, 15) is 13.2 Å². The summed E-state index contributed by atoms with van der Waals surface area (Å²) in [7, 11) is -1.66. The van der Waals surface area contributed by atoms with Gasteiger partial charge in [0.05, 0.1) is 23.8 Å². The van der Waals surface area contributed by atoms with E-state index in [4.69, 9.17) is 4.74 Å². The monoisotopic (exact) mass is 424 g/mol. The lowest BCUT2D eigenvalue weighted by Gasteiger charge is -2.37. The van der Waals surface area contributed by atoms with Gasteiger partial charge in [-0.25, -0.2) is 8.42 Å². The molecule has 6 nitrogen and oxygen atoms in total. The van der Waals surface area contributed by atoms with Gasteiger partial charge in [0.15, 0.2) is 9.84 Å². The summed E-state index contributed by atoms with van der Waals surface area (Å²) in [6.45, 7) is 3.51. The molecular formula is C20H25ClN2O4S. The van der Waals surface area contributed by atoms with Crippen molar-refractivity contribution in [3.05, 3.63) is 59.7 Å². The van der Waals surface area contributed by atoms with E-state index >= 15 is 0 Å². The van der Waals surface area contributed by atoms with Crippen LogP contribution in [-0.2, 0) is 9.84 Å². The molecule has 0 radical (unpaired) electrons. The van der Waals surface area contributed by atoms with E-state index in [-0.39, 0.29) is 35.0 Å². The van der Waals surface area contributed by atoms with Gasteiger partial charge in [-0.3, -0.25) is 4.79 Å². The topological polar surface area (TPSA) is 75.7 Å². The van der Waals surface area contributed by atoms with Gasteiger partial charge in [-0.15, -0.1) is 12.4 Å². The Balaban J connectivity index is 0.00000280. The first-order valence-electron chi connectivity index (χ1n) is 8.95. The summed E-state index contributed by atoms with van der Waals surface area (Å²) in [6.07, 6.45) is 0. The average molecular weight is 425 g/mol. The van der Waals surface area contributed by atoms with Crippen molar-refractivity contribution in [1.29, 1.82) is 0 Å². The van der Waals surface area contributed by atoms with Crippen LogP contribution in [0.4, 0.5) is 0 Å².